The van der Waals surface area contributed by atoms with Gasteiger partial charge in [-0.1, -0.05) is 31.4 Å². The average Bonchev–Trinajstić information content (AvgIpc) is 2.61. The molecule has 1 aromatic rings. The van der Waals surface area contributed by atoms with Crippen molar-refractivity contribution >= 4 is 16.9 Å². The fourth-order valence-electron chi connectivity index (χ4n) is 3.52. The lowest BCUT2D eigenvalue weighted by molar-refractivity contribution is 0.0180. The first-order valence-corrected chi connectivity index (χ1v) is 11.7. The summed E-state index contributed by atoms with van der Waals surface area (Å²) in [6.45, 7) is 7.39. The Hall–Kier alpha value is -1.36. The van der Waals surface area contributed by atoms with Crippen molar-refractivity contribution < 1.29 is 13.7 Å². The Morgan fingerprint density at radius 1 is 1.11 bits per heavy atom. The van der Waals surface area contributed by atoms with Crippen LogP contribution < -0.4 is 0 Å². The number of benzene rings is 1. The number of amides is 1. The Morgan fingerprint density at radius 3 is 2.30 bits per heavy atom. The highest BCUT2D eigenvalue weighted by molar-refractivity contribution is 7.84. The van der Waals surface area contributed by atoms with Crippen LogP contribution in [0.15, 0.2) is 29.2 Å². The van der Waals surface area contributed by atoms with Gasteiger partial charge in [-0.05, 0) is 70.1 Å². The predicted molar refractivity (Wildman–Crippen MR) is 111 cm³/mol. The van der Waals surface area contributed by atoms with E-state index in [1.807, 2.05) is 37.8 Å². The van der Waals surface area contributed by atoms with E-state index >= 15 is 0 Å². The minimum Gasteiger partial charge on any atom is -0.444 e. The molecular formula is C22H35NO3S. The van der Waals surface area contributed by atoms with Crippen molar-refractivity contribution in [3.63, 3.8) is 0 Å². The topological polar surface area (TPSA) is 46.6 Å². The molecule has 4 nitrogen and oxygen atoms in total. The number of hydrogen-bond acceptors (Lipinski definition) is 3. The predicted octanol–water partition coefficient (Wildman–Crippen LogP) is 5.17. The van der Waals surface area contributed by atoms with Gasteiger partial charge in [0.1, 0.15) is 5.60 Å². The van der Waals surface area contributed by atoms with E-state index in [9.17, 15) is 9.00 Å². The molecule has 1 aromatic carbocycles. The number of carbonyl (C=O) groups excluding carboxylic acids is 1. The van der Waals surface area contributed by atoms with E-state index in [1.54, 1.807) is 6.26 Å². The van der Waals surface area contributed by atoms with Gasteiger partial charge in [0, 0.05) is 35.0 Å². The fraction of sp³-hybridized carbons (Fsp3) is 0.682. The lowest BCUT2D eigenvalue weighted by atomic mass is 9.91. The number of aryl methyl sites for hydroxylation is 1. The van der Waals surface area contributed by atoms with E-state index in [0.29, 0.717) is 0 Å². The zero-order valence-electron chi connectivity index (χ0n) is 17.3. The van der Waals surface area contributed by atoms with Crippen molar-refractivity contribution in [3.05, 3.63) is 29.8 Å². The summed E-state index contributed by atoms with van der Waals surface area (Å²) in [6, 6.07) is 8.15. The molecule has 1 unspecified atom stereocenters. The van der Waals surface area contributed by atoms with Gasteiger partial charge in [-0.3, -0.25) is 4.21 Å². The van der Waals surface area contributed by atoms with Gasteiger partial charge in [-0.2, -0.15) is 0 Å². The van der Waals surface area contributed by atoms with Crippen molar-refractivity contribution in [2.75, 3.05) is 19.3 Å². The van der Waals surface area contributed by atoms with Crippen LogP contribution in [0.25, 0.3) is 0 Å². The molecule has 0 radical (unpaired) electrons. The number of likely N-dealkylation sites (tertiary alicyclic amines) is 1. The lowest BCUT2D eigenvalue weighted by Gasteiger charge is -2.33. The summed E-state index contributed by atoms with van der Waals surface area (Å²) < 4.78 is 16.9. The van der Waals surface area contributed by atoms with Crippen LogP contribution in [0, 0.1) is 5.92 Å². The molecular weight excluding hydrogens is 358 g/mol. The van der Waals surface area contributed by atoms with Gasteiger partial charge in [0.25, 0.3) is 0 Å². The first kappa shape index (κ1) is 21.9. The summed E-state index contributed by atoms with van der Waals surface area (Å²) in [4.78, 5) is 14.9. The zero-order chi connectivity index (χ0) is 19.9. The largest absolute Gasteiger partial charge is 0.444 e. The van der Waals surface area contributed by atoms with Crippen molar-refractivity contribution in [1.82, 2.24) is 4.90 Å². The molecule has 0 aliphatic carbocycles. The molecule has 1 heterocycles. The number of hydrogen-bond donors (Lipinski definition) is 0. The monoisotopic (exact) mass is 393 g/mol. The second-order valence-electron chi connectivity index (χ2n) is 8.61. The molecule has 0 bridgehead atoms. The quantitative estimate of drug-likeness (QED) is 0.600. The SMILES string of the molecule is CS(=O)c1ccc(CCCCCC2CCN(C(=O)OC(C)(C)C)CC2)cc1. The lowest BCUT2D eigenvalue weighted by Crippen LogP contribution is -2.41. The van der Waals surface area contributed by atoms with Gasteiger partial charge in [0.2, 0.25) is 0 Å². The summed E-state index contributed by atoms with van der Waals surface area (Å²) >= 11 is 0. The number of nitrogens with zero attached hydrogens (tertiary/aromatic N) is 1. The van der Waals surface area contributed by atoms with Crippen LogP contribution in [-0.2, 0) is 22.0 Å². The average molecular weight is 394 g/mol. The maximum atomic E-state index is 12.1. The molecule has 1 atom stereocenters. The van der Waals surface area contributed by atoms with Crippen LogP contribution in [0.1, 0.15) is 64.9 Å². The van der Waals surface area contributed by atoms with E-state index in [1.165, 1.54) is 31.2 Å². The number of unbranched alkanes of at least 4 members (excludes halogenated alkanes) is 2. The summed E-state index contributed by atoms with van der Waals surface area (Å²) in [5.74, 6) is 0.738. The Bertz CT molecular complexity index is 613. The maximum absolute atomic E-state index is 12.1. The molecule has 27 heavy (non-hydrogen) atoms. The maximum Gasteiger partial charge on any atom is 0.410 e. The minimum absolute atomic E-state index is 0.168. The van der Waals surface area contributed by atoms with Gasteiger partial charge in [-0.15, -0.1) is 0 Å². The highest BCUT2D eigenvalue weighted by Gasteiger charge is 2.26. The molecule has 2 rings (SSSR count). The van der Waals surface area contributed by atoms with Gasteiger partial charge in [0.15, 0.2) is 0 Å². The smallest absolute Gasteiger partial charge is 0.410 e. The van der Waals surface area contributed by atoms with Gasteiger partial charge < -0.3 is 9.64 Å². The van der Waals surface area contributed by atoms with E-state index in [-0.39, 0.29) is 6.09 Å². The summed E-state index contributed by atoms with van der Waals surface area (Å²) in [5.41, 5.74) is 0.914. The Labute approximate surface area is 167 Å². The second kappa shape index (κ2) is 10.3. The van der Waals surface area contributed by atoms with Crippen molar-refractivity contribution in [1.29, 1.82) is 0 Å². The first-order valence-electron chi connectivity index (χ1n) is 10.1. The molecule has 0 saturated carbocycles. The molecule has 1 aliphatic heterocycles. The third-order valence-electron chi connectivity index (χ3n) is 5.10. The normalized spacial score (nSPS) is 17.0. The standard InChI is InChI=1S/C22H35NO3S/c1-22(2,3)26-21(24)23-16-14-19(15-17-23)9-7-5-6-8-18-10-12-20(13-11-18)27(4)25/h10-13,19H,5-9,14-17H2,1-4H3. The summed E-state index contributed by atoms with van der Waals surface area (Å²) in [7, 11) is -0.892. The number of ether oxygens (including phenoxy) is 1. The van der Waals surface area contributed by atoms with Crippen LogP contribution in [0.5, 0.6) is 0 Å². The minimum atomic E-state index is -0.892. The molecule has 1 saturated heterocycles. The Balaban J connectivity index is 1.58. The van der Waals surface area contributed by atoms with Gasteiger partial charge in [0.05, 0.1) is 0 Å². The third kappa shape index (κ3) is 8.04. The van der Waals surface area contributed by atoms with Crippen LogP contribution in [0.3, 0.4) is 0 Å². The molecule has 0 aromatic heterocycles. The summed E-state index contributed by atoms with van der Waals surface area (Å²) in [6.07, 6.45) is 9.78. The number of piperidine rings is 1. The number of carbonyl (C=O) groups is 1. The van der Waals surface area contributed by atoms with Crippen LogP contribution in [-0.4, -0.2) is 40.1 Å². The summed E-state index contributed by atoms with van der Waals surface area (Å²) in [5, 5.41) is 0. The number of rotatable bonds is 7. The van der Waals surface area contributed by atoms with Crippen molar-refractivity contribution in [2.24, 2.45) is 5.92 Å². The van der Waals surface area contributed by atoms with Crippen molar-refractivity contribution in [3.8, 4) is 0 Å². The highest BCUT2D eigenvalue weighted by atomic mass is 32.2. The van der Waals surface area contributed by atoms with E-state index in [4.69, 9.17) is 4.74 Å². The van der Waals surface area contributed by atoms with E-state index in [2.05, 4.69) is 12.1 Å². The van der Waals surface area contributed by atoms with Crippen LogP contribution >= 0.6 is 0 Å². The Morgan fingerprint density at radius 2 is 1.74 bits per heavy atom. The van der Waals surface area contributed by atoms with Gasteiger partial charge >= 0.3 is 6.09 Å². The Kier molecular flexibility index (Phi) is 8.33. The molecule has 0 N–H and O–H groups in total. The molecule has 152 valence electrons. The first-order chi connectivity index (χ1) is 12.7. The second-order valence-corrected chi connectivity index (χ2v) is 9.99. The van der Waals surface area contributed by atoms with Crippen LogP contribution in [0.2, 0.25) is 0 Å². The molecule has 0 spiro atoms. The molecule has 5 heteroatoms. The van der Waals surface area contributed by atoms with Crippen LogP contribution in [0.4, 0.5) is 4.79 Å². The van der Waals surface area contributed by atoms with Crippen molar-refractivity contribution in [2.45, 2.75) is 76.2 Å². The third-order valence-corrected chi connectivity index (χ3v) is 6.04. The fourth-order valence-corrected chi connectivity index (χ4v) is 4.04. The zero-order valence-corrected chi connectivity index (χ0v) is 18.1. The molecule has 1 amide bonds. The van der Waals surface area contributed by atoms with E-state index < -0.39 is 16.4 Å². The molecule has 1 fully saturated rings. The molecule has 1 aliphatic rings. The van der Waals surface area contributed by atoms with Gasteiger partial charge in [-0.25, -0.2) is 4.79 Å². The highest BCUT2D eigenvalue weighted by Crippen LogP contribution is 2.24. The van der Waals surface area contributed by atoms with E-state index in [0.717, 1.165) is 43.2 Å².